The third kappa shape index (κ3) is 4.24. The second-order valence-corrected chi connectivity index (χ2v) is 8.24. The summed E-state index contributed by atoms with van der Waals surface area (Å²) in [5.74, 6) is 1.45. The Balaban J connectivity index is 1.50. The minimum absolute atomic E-state index is 0.0950. The maximum Gasteiger partial charge on any atom is 0.231 e. The first-order chi connectivity index (χ1) is 13.9. The molecular weight excluding hydrogens is 360 g/mol. The van der Waals surface area contributed by atoms with Crippen LogP contribution < -0.4 is 9.47 Å². The second kappa shape index (κ2) is 7.59. The molecule has 3 nitrogen and oxygen atoms in total. The maximum atomic E-state index is 12.7. The number of benzene rings is 3. The molecule has 4 rings (SSSR count). The van der Waals surface area contributed by atoms with Gasteiger partial charge in [0, 0.05) is 6.07 Å². The van der Waals surface area contributed by atoms with Crippen molar-refractivity contribution in [3.8, 4) is 11.5 Å². The Morgan fingerprint density at radius 2 is 1.66 bits per heavy atom. The van der Waals surface area contributed by atoms with E-state index in [0.29, 0.717) is 29.4 Å². The predicted octanol–water partition coefficient (Wildman–Crippen LogP) is 6.18. The Morgan fingerprint density at radius 1 is 0.931 bits per heavy atom. The SMILES string of the molecule is CC(C)(C)c1ccc(C=C2Oc3cc(OCc4ccccc4)ccc3C2=O)cc1. The summed E-state index contributed by atoms with van der Waals surface area (Å²) in [5.41, 5.74) is 3.94. The lowest BCUT2D eigenvalue weighted by molar-refractivity contribution is 0.101. The van der Waals surface area contributed by atoms with E-state index in [1.165, 1.54) is 5.56 Å². The molecule has 0 spiro atoms. The molecule has 0 radical (unpaired) electrons. The van der Waals surface area contributed by atoms with Gasteiger partial charge in [0.25, 0.3) is 0 Å². The molecule has 0 saturated carbocycles. The Labute approximate surface area is 171 Å². The largest absolute Gasteiger partial charge is 0.489 e. The number of ether oxygens (including phenoxy) is 2. The molecular formula is C26H24O3. The Kier molecular flexibility index (Phi) is 4.98. The highest BCUT2D eigenvalue weighted by Crippen LogP contribution is 2.35. The third-order valence-electron chi connectivity index (χ3n) is 4.96. The first-order valence-corrected chi connectivity index (χ1v) is 9.76. The van der Waals surface area contributed by atoms with E-state index >= 15 is 0 Å². The molecule has 146 valence electrons. The van der Waals surface area contributed by atoms with E-state index in [4.69, 9.17) is 9.47 Å². The fourth-order valence-corrected chi connectivity index (χ4v) is 3.23. The van der Waals surface area contributed by atoms with E-state index in [9.17, 15) is 4.79 Å². The van der Waals surface area contributed by atoms with Gasteiger partial charge in [-0.15, -0.1) is 0 Å². The fourth-order valence-electron chi connectivity index (χ4n) is 3.23. The van der Waals surface area contributed by atoms with Gasteiger partial charge in [0.15, 0.2) is 5.76 Å². The monoisotopic (exact) mass is 384 g/mol. The number of allylic oxidation sites excluding steroid dienone is 1. The summed E-state index contributed by atoms with van der Waals surface area (Å²) in [6, 6.07) is 23.5. The van der Waals surface area contributed by atoms with Gasteiger partial charge in [-0.25, -0.2) is 0 Å². The van der Waals surface area contributed by atoms with Crippen molar-refractivity contribution in [3.63, 3.8) is 0 Å². The molecule has 1 aliphatic heterocycles. The van der Waals surface area contributed by atoms with Gasteiger partial charge in [0.1, 0.15) is 18.1 Å². The average Bonchev–Trinajstić information content (AvgIpc) is 3.02. The number of carbonyl (C=O) groups excluding carboxylic acids is 1. The lowest BCUT2D eigenvalue weighted by Gasteiger charge is -2.18. The van der Waals surface area contributed by atoms with E-state index in [1.54, 1.807) is 18.2 Å². The van der Waals surface area contributed by atoms with Crippen LogP contribution in [0.15, 0.2) is 78.6 Å². The van der Waals surface area contributed by atoms with E-state index in [2.05, 4.69) is 32.9 Å². The lowest BCUT2D eigenvalue weighted by Crippen LogP contribution is -2.10. The van der Waals surface area contributed by atoms with Crippen molar-refractivity contribution in [1.29, 1.82) is 0 Å². The summed E-state index contributed by atoms with van der Waals surface area (Å²) < 4.78 is 11.7. The summed E-state index contributed by atoms with van der Waals surface area (Å²) in [4.78, 5) is 12.7. The van der Waals surface area contributed by atoms with Crippen LogP contribution in [0.3, 0.4) is 0 Å². The van der Waals surface area contributed by atoms with Gasteiger partial charge >= 0.3 is 0 Å². The predicted molar refractivity (Wildman–Crippen MR) is 115 cm³/mol. The molecule has 3 aromatic carbocycles. The zero-order valence-electron chi connectivity index (χ0n) is 16.9. The van der Waals surface area contributed by atoms with Crippen molar-refractivity contribution >= 4 is 11.9 Å². The molecule has 0 atom stereocenters. The number of ketones is 1. The van der Waals surface area contributed by atoms with Gasteiger partial charge < -0.3 is 9.47 Å². The van der Waals surface area contributed by atoms with Crippen LogP contribution in [0.1, 0.15) is 47.8 Å². The van der Waals surface area contributed by atoms with Crippen molar-refractivity contribution in [1.82, 2.24) is 0 Å². The molecule has 1 heterocycles. The number of rotatable bonds is 4. The van der Waals surface area contributed by atoms with Crippen LogP contribution in [0.2, 0.25) is 0 Å². The summed E-state index contributed by atoms with van der Waals surface area (Å²) in [5, 5.41) is 0. The van der Waals surface area contributed by atoms with E-state index in [1.807, 2.05) is 48.5 Å². The van der Waals surface area contributed by atoms with E-state index in [-0.39, 0.29) is 11.2 Å². The molecule has 0 amide bonds. The van der Waals surface area contributed by atoms with Gasteiger partial charge in [-0.05, 0) is 40.3 Å². The number of carbonyl (C=O) groups is 1. The average molecular weight is 384 g/mol. The van der Waals surface area contributed by atoms with Gasteiger partial charge in [0.05, 0.1) is 5.56 Å². The van der Waals surface area contributed by atoms with Gasteiger partial charge in [0.2, 0.25) is 5.78 Å². The molecule has 0 fully saturated rings. The van der Waals surface area contributed by atoms with Crippen LogP contribution in [0.4, 0.5) is 0 Å². The molecule has 0 N–H and O–H groups in total. The summed E-state index contributed by atoms with van der Waals surface area (Å²) in [6.45, 7) is 7.00. The van der Waals surface area contributed by atoms with Crippen LogP contribution in [-0.2, 0) is 12.0 Å². The highest BCUT2D eigenvalue weighted by molar-refractivity contribution is 6.14. The molecule has 1 aliphatic rings. The van der Waals surface area contributed by atoms with E-state index < -0.39 is 0 Å². The first kappa shape index (κ1) is 19.0. The number of hydrogen-bond donors (Lipinski definition) is 0. The topological polar surface area (TPSA) is 35.5 Å². The molecule has 0 unspecified atom stereocenters. The maximum absolute atomic E-state index is 12.7. The number of hydrogen-bond acceptors (Lipinski definition) is 3. The Bertz CT molecular complexity index is 1060. The summed E-state index contributed by atoms with van der Waals surface area (Å²) in [7, 11) is 0. The first-order valence-electron chi connectivity index (χ1n) is 9.76. The summed E-state index contributed by atoms with van der Waals surface area (Å²) in [6.07, 6.45) is 1.79. The minimum atomic E-state index is -0.102. The Hall–Kier alpha value is -3.33. The van der Waals surface area contributed by atoms with Crippen molar-refractivity contribution in [2.75, 3.05) is 0 Å². The molecule has 3 aromatic rings. The van der Waals surface area contributed by atoms with Crippen molar-refractivity contribution < 1.29 is 14.3 Å². The third-order valence-corrected chi connectivity index (χ3v) is 4.96. The van der Waals surface area contributed by atoms with Gasteiger partial charge in [-0.3, -0.25) is 4.79 Å². The number of fused-ring (bicyclic) bond motifs is 1. The highest BCUT2D eigenvalue weighted by atomic mass is 16.5. The molecule has 0 bridgehead atoms. The molecule has 3 heteroatoms. The minimum Gasteiger partial charge on any atom is -0.489 e. The zero-order valence-corrected chi connectivity index (χ0v) is 16.9. The number of Topliss-reactive ketones (excluding diaryl/α,β-unsaturated/α-hetero) is 1. The van der Waals surface area contributed by atoms with Crippen LogP contribution in [0.25, 0.3) is 6.08 Å². The molecule has 0 saturated heterocycles. The normalized spacial score (nSPS) is 14.6. The zero-order chi connectivity index (χ0) is 20.4. The van der Waals surface area contributed by atoms with Crippen molar-refractivity contribution in [2.24, 2.45) is 0 Å². The smallest absolute Gasteiger partial charge is 0.231 e. The van der Waals surface area contributed by atoms with Crippen LogP contribution in [-0.4, -0.2) is 5.78 Å². The van der Waals surface area contributed by atoms with Crippen LogP contribution >= 0.6 is 0 Å². The standard InChI is InChI=1S/C26H24O3/c1-26(2,3)20-11-9-18(10-12-20)15-24-25(27)22-14-13-21(16-23(22)29-24)28-17-19-7-5-4-6-8-19/h4-16H,17H2,1-3H3. The summed E-state index contributed by atoms with van der Waals surface area (Å²) >= 11 is 0. The quantitative estimate of drug-likeness (QED) is 0.504. The van der Waals surface area contributed by atoms with Crippen LogP contribution in [0.5, 0.6) is 11.5 Å². The second-order valence-electron chi connectivity index (χ2n) is 8.24. The lowest BCUT2D eigenvalue weighted by atomic mass is 9.86. The highest BCUT2D eigenvalue weighted by Gasteiger charge is 2.27. The fraction of sp³-hybridized carbons (Fsp3) is 0.192. The van der Waals surface area contributed by atoms with Gasteiger partial charge in [-0.2, -0.15) is 0 Å². The van der Waals surface area contributed by atoms with E-state index in [0.717, 1.165) is 11.1 Å². The Morgan fingerprint density at radius 3 is 2.34 bits per heavy atom. The molecule has 29 heavy (non-hydrogen) atoms. The molecule has 0 aromatic heterocycles. The van der Waals surface area contributed by atoms with Crippen molar-refractivity contribution in [2.45, 2.75) is 32.8 Å². The van der Waals surface area contributed by atoms with Crippen LogP contribution in [0, 0.1) is 0 Å². The van der Waals surface area contributed by atoms with Crippen molar-refractivity contribution in [3.05, 3.63) is 101 Å². The molecule has 0 aliphatic carbocycles. The van der Waals surface area contributed by atoms with Gasteiger partial charge in [-0.1, -0.05) is 75.4 Å².